The number of nitrogens with zero attached hydrogens (tertiary/aromatic N) is 2. The van der Waals surface area contributed by atoms with Crippen LogP contribution >= 0.6 is 0 Å². The zero-order valence-electron chi connectivity index (χ0n) is 7.96. The molecule has 0 aromatic carbocycles. The van der Waals surface area contributed by atoms with Crippen LogP contribution in [0.4, 0.5) is 0 Å². The van der Waals surface area contributed by atoms with Crippen molar-refractivity contribution in [1.82, 2.24) is 9.97 Å². The Hall–Kier alpha value is -1.30. The molecule has 0 amide bonds. The minimum atomic E-state index is -2.91. The van der Waals surface area contributed by atoms with Crippen LogP contribution in [0.25, 0.3) is 0 Å². The van der Waals surface area contributed by atoms with E-state index in [1.165, 1.54) is 12.4 Å². The number of sulfone groups is 1. The zero-order chi connectivity index (χ0) is 10.9. The summed E-state index contributed by atoms with van der Waals surface area (Å²) in [6.45, 7) is 0. The summed E-state index contributed by atoms with van der Waals surface area (Å²) in [5.41, 5.74) is 0.402. The second-order valence-electron chi connectivity index (χ2n) is 3.59. The predicted molar refractivity (Wildman–Crippen MR) is 53.4 cm³/mol. The summed E-state index contributed by atoms with van der Waals surface area (Å²) in [6.07, 6.45) is 4.07. The summed E-state index contributed by atoms with van der Waals surface area (Å²) in [4.78, 5) is 18.3. The van der Waals surface area contributed by atoms with Crippen molar-refractivity contribution < 1.29 is 13.2 Å². The average molecular weight is 226 g/mol. The number of carbonyl (C=O) groups excluding carboxylic acids is 1. The van der Waals surface area contributed by atoms with Crippen LogP contribution < -0.4 is 0 Å². The molecule has 1 aromatic rings. The van der Waals surface area contributed by atoms with Gasteiger partial charge in [-0.25, -0.2) is 18.4 Å². The van der Waals surface area contributed by atoms with Gasteiger partial charge in [0.15, 0.2) is 16.1 Å². The Balaban J connectivity index is 2.21. The van der Waals surface area contributed by atoms with Gasteiger partial charge < -0.3 is 0 Å². The van der Waals surface area contributed by atoms with Gasteiger partial charge in [-0.05, 0) is 6.42 Å². The van der Waals surface area contributed by atoms with E-state index in [9.17, 15) is 13.2 Å². The molecule has 1 aromatic heterocycles. The molecule has 80 valence electrons. The normalized spacial score (nSPS) is 23.9. The Kier molecular flexibility index (Phi) is 2.52. The second kappa shape index (κ2) is 3.69. The number of aldehydes is 1. The van der Waals surface area contributed by atoms with Gasteiger partial charge in [0.25, 0.3) is 0 Å². The van der Waals surface area contributed by atoms with Crippen LogP contribution in [0.3, 0.4) is 0 Å². The van der Waals surface area contributed by atoms with Gasteiger partial charge in [-0.3, -0.25) is 4.79 Å². The quantitative estimate of drug-likeness (QED) is 0.673. The zero-order valence-corrected chi connectivity index (χ0v) is 8.77. The first kappa shape index (κ1) is 10.2. The van der Waals surface area contributed by atoms with Crippen LogP contribution in [0.15, 0.2) is 12.4 Å². The number of aromatic nitrogens is 2. The second-order valence-corrected chi connectivity index (χ2v) is 5.82. The van der Waals surface area contributed by atoms with Gasteiger partial charge in [0.1, 0.15) is 5.82 Å². The number of hydrogen-bond donors (Lipinski definition) is 0. The van der Waals surface area contributed by atoms with Crippen LogP contribution in [-0.2, 0) is 9.84 Å². The molecule has 1 saturated heterocycles. The standard InChI is InChI=1S/C9H10N2O3S/c12-5-7-3-10-9(11-4-7)8-1-2-15(13,14)6-8/h3-5,8H,1-2,6H2. The summed E-state index contributed by atoms with van der Waals surface area (Å²) in [7, 11) is -2.91. The fraction of sp³-hybridized carbons (Fsp3) is 0.444. The SMILES string of the molecule is O=Cc1cnc(C2CCS(=O)(=O)C2)nc1. The smallest absolute Gasteiger partial charge is 0.153 e. The molecule has 5 nitrogen and oxygen atoms in total. The molecule has 1 unspecified atom stereocenters. The van der Waals surface area contributed by atoms with Gasteiger partial charge in [-0.15, -0.1) is 0 Å². The molecule has 0 radical (unpaired) electrons. The Morgan fingerprint density at radius 3 is 2.47 bits per heavy atom. The molecule has 1 fully saturated rings. The highest BCUT2D eigenvalue weighted by Gasteiger charge is 2.30. The Labute approximate surface area is 87.5 Å². The van der Waals surface area contributed by atoms with E-state index < -0.39 is 9.84 Å². The van der Waals surface area contributed by atoms with E-state index in [-0.39, 0.29) is 17.4 Å². The predicted octanol–water partition coefficient (Wildman–Crippen LogP) is 0.191. The first-order chi connectivity index (χ1) is 7.11. The summed E-state index contributed by atoms with van der Waals surface area (Å²) in [6, 6.07) is 0. The third-order valence-corrected chi connectivity index (χ3v) is 4.19. The maximum Gasteiger partial charge on any atom is 0.153 e. The van der Waals surface area contributed by atoms with Gasteiger partial charge >= 0.3 is 0 Å². The van der Waals surface area contributed by atoms with Crippen molar-refractivity contribution >= 4 is 16.1 Å². The number of hydrogen-bond acceptors (Lipinski definition) is 5. The molecule has 0 saturated carbocycles. The fourth-order valence-corrected chi connectivity index (χ4v) is 3.36. The lowest BCUT2D eigenvalue weighted by atomic mass is 10.1. The molecule has 0 bridgehead atoms. The van der Waals surface area contributed by atoms with Gasteiger partial charge in [-0.1, -0.05) is 0 Å². The highest BCUT2D eigenvalue weighted by Crippen LogP contribution is 2.25. The summed E-state index contributed by atoms with van der Waals surface area (Å²) in [5.74, 6) is 0.724. The lowest BCUT2D eigenvalue weighted by Crippen LogP contribution is -2.07. The molecule has 2 rings (SSSR count). The first-order valence-electron chi connectivity index (χ1n) is 4.58. The highest BCUT2D eigenvalue weighted by molar-refractivity contribution is 7.91. The third kappa shape index (κ3) is 2.20. The fourth-order valence-electron chi connectivity index (χ4n) is 1.62. The number of carbonyl (C=O) groups is 1. The van der Waals surface area contributed by atoms with Crippen LogP contribution in [-0.4, -0.2) is 36.2 Å². The van der Waals surface area contributed by atoms with Gasteiger partial charge in [0.2, 0.25) is 0 Å². The van der Waals surface area contributed by atoms with Crippen molar-refractivity contribution in [3.05, 3.63) is 23.8 Å². The highest BCUT2D eigenvalue weighted by atomic mass is 32.2. The monoisotopic (exact) mass is 226 g/mol. The van der Waals surface area contributed by atoms with Gasteiger partial charge in [0.05, 0.1) is 17.1 Å². The molecule has 0 spiro atoms. The summed E-state index contributed by atoms with van der Waals surface area (Å²) in [5, 5.41) is 0. The lowest BCUT2D eigenvalue weighted by Gasteiger charge is -2.04. The summed E-state index contributed by atoms with van der Waals surface area (Å²) >= 11 is 0. The van der Waals surface area contributed by atoms with Crippen molar-refractivity contribution in [3.63, 3.8) is 0 Å². The van der Waals surface area contributed by atoms with Gasteiger partial charge in [-0.2, -0.15) is 0 Å². The maximum atomic E-state index is 11.2. The van der Waals surface area contributed by atoms with Gasteiger partial charge in [0, 0.05) is 18.3 Å². The molecule has 0 N–H and O–H groups in total. The largest absolute Gasteiger partial charge is 0.298 e. The van der Waals surface area contributed by atoms with Crippen molar-refractivity contribution in [1.29, 1.82) is 0 Å². The molecular formula is C9H10N2O3S. The minimum absolute atomic E-state index is 0.115. The van der Waals surface area contributed by atoms with Crippen LogP contribution in [0.1, 0.15) is 28.5 Å². The van der Waals surface area contributed by atoms with E-state index in [1.54, 1.807) is 0 Å². The minimum Gasteiger partial charge on any atom is -0.298 e. The molecule has 6 heteroatoms. The molecule has 2 heterocycles. The van der Waals surface area contributed by atoms with E-state index in [0.717, 1.165) is 0 Å². The van der Waals surface area contributed by atoms with E-state index in [1.807, 2.05) is 0 Å². The van der Waals surface area contributed by atoms with E-state index >= 15 is 0 Å². The van der Waals surface area contributed by atoms with E-state index in [4.69, 9.17) is 0 Å². The Morgan fingerprint density at radius 1 is 1.33 bits per heavy atom. The Bertz CT molecular complexity index is 467. The van der Waals surface area contributed by atoms with Crippen LogP contribution in [0.5, 0.6) is 0 Å². The van der Waals surface area contributed by atoms with Crippen molar-refractivity contribution in [2.45, 2.75) is 12.3 Å². The van der Waals surface area contributed by atoms with Crippen molar-refractivity contribution in [2.24, 2.45) is 0 Å². The average Bonchev–Trinajstić information content (AvgIpc) is 2.59. The lowest BCUT2D eigenvalue weighted by molar-refractivity contribution is 0.112. The topological polar surface area (TPSA) is 77.0 Å². The third-order valence-electron chi connectivity index (χ3n) is 2.43. The van der Waals surface area contributed by atoms with E-state index in [0.29, 0.717) is 24.1 Å². The molecular weight excluding hydrogens is 216 g/mol. The Morgan fingerprint density at radius 2 is 2.00 bits per heavy atom. The van der Waals surface area contributed by atoms with Crippen LogP contribution in [0, 0.1) is 0 Å². The molecule has 1 atom stereocenters. The van der Waals surface area contributed by atoms with Crippen molar-refractivity contribution in [3.8, 4) is 0 Å². The molecule has 0 aliphatic carbocycles. The van der Waals surface area contributed by atoms with Crippen LogP contribution in [0.2, 0.25) is 0 Å². The molecule has 1 aliphatic rings. The summed E-state index contributed by atoms with van der Waals surface area (Å²) < 4.78 is 22.5. The van der Waals surface area contributed by atoms with E-state index in [2.05, 4.69) is 9.97 Å². The first-order valence-corrected chi connectivity index (χ1v) is 6.40. The maximum absolute atomic E-state index is 11.2. The molecule has 15 heavy (non-hydrogen) atoms. The molecule has 1 aliphatic heterocycles. The number of rotatable bonds is 2. The van der Waals surface area contributed by atoms with Crippen molar-refractivity contribution in [2.75, 3.05) is 11.5 Å².